The van der Waals surface area contributed by atoms with E-state index in [1.807, 2.05) is 0 Å². The van der Waals surface area contributed by atoms with Gasteiger partial charge in [-0.2, -0.15) is 0 Å². The number of nitrogens with one attached hydrogen (secondary N) is 1. The Bertz CT molecular complexity index is 431. The first-order valence-electron chi connectivity index (χ1n) is 7.87. The Morgan fingerprint density at radius 3 is 2.90 bits per heavy atom. The van der Waals surface area contributed by atoms with Gasteiger partial charge in [-0.3, -0.25) is 0 Å². The second-order valence-corrected chi connectivity index (χ2v) is 7.09. The molecule has 0 bridgehead atoms. The molecule has 1 heterocycles. The molecule has 0 saturated carbocycles. The van der Waals surface area contributed by atoms with Gasteiger partial charge < -0.3 is 10.2 Å². The highest BCUT2D eigenvalue weighted by Gasteiger charge is 2.20. The molecule has 1 saturated heterocycles. The summed E-state index contributed by atoms with van der Waals surface area (Å²) in [5, 5.41) is 3.55. The summed E-state index contributed by atoms with van der Waals surface area (Å²) < 4.78 is 1.17. The molecule has 0 aliphatic carbocycles. The van der Waals surface area contributed by atoms with Crippen LogP contribution in [0.3, 0.4) is 0 Å². The number of benzene rings is 1. The summed E-state index contributed by atoms with van der Waals surface area (Å²) >= 11 is 3.61. The third kappa shape index (κ3) is 4.23. The van der Waals surface area contributed by atoms with Gasteiger partial charge in [0.05, 0.1) is 0 Å². The topological polar surface area (TPSA) is 15.3 Å². The van der Waals surface area contributed by atoms with E-state index in [2.05, 4.69) is 65.1 Å². The summed E-state index contributed by atoms with van der Waals surface area (Å²) in [7, 11) is 0. The maximum atomic E-state index is 3.61. The molecule has 3 heteroatoms. The van der Waals surface area contributed by atoms with E-state index in [0.29, 0.717) is 6.04 Å². The molecule has 0 amide bonds. The molecule has 0 radical (unpaired) electrons. The van der Waals surface area contributed by atoms with Crippen LogP contribution in [0.15, 0.2) is 22.7 Å². The van der Waals surface area contributed by atoms with Crippen molar-refractivity contribution in [2.24, 2.45) is 5.92 Å². The summed E-state index contributed by atoms with van der Waals surface area (Å²) in [6.45, 7) is 10.1. The van der Waals surface area contributed by atoms with Gasteiger partial charge in [0, 0.05) is 35.8 Å². The number of anilines is 1. The first-order chi connectivity index (χ1) is 9.60. The first-order valence-corrected chi connectivity index (χ1v) is 8.66. The van der Waals surface area contributed by atoms with Gasteiger partial charge in [-0.1, -0.05) is 43.1 Å². The van der Waals surface area contributed by atoms with Crippen LogP contribution >= 0.6 is 15.9 Å². The van der Waals surface area contributed by atoms with E-state index >= 15 is 0 Å². The molecule has 2 rings (SSSR count). The summed E-state index contributed by atoms with van der Waals surface area (Å²) in [4.78, 5) is 2.58. The Kier molecular flexibility index (Phi) is 5.91. The number of nitrogens with zero attached hydrogens (tertiary/aromatic N) is 1. The zero-order valence-electron chi connectivity index (χ0n) is 13.0. The van der Waals surface area contributed by atoms with Crippen molar-refractivity contribution < 1.29 is 0 Å². The number of halogens is 1. The largest absolute Gasteiger partial charge is 0.371 e. The maximum Gasteiger partial charge on any atom is 0.0412 e. The maximum absolute atomic E-state index is 3.61. The van der Waals surface area contributed by atoms with Crippen LogP contribution in [-0.4, -0.2) is 19.1 Å². The van der Waals surface area contributed by atoms with Crippen molar-refractivity contribution in [3.05, 3.63) is 28.2 Å². The number of hydrogen-bond donors (Lipinski definition) is 1. The Balaban J connectivity index is 2.16. The average molecular weight is 339 g/mol. The molecule has 1 fully saturated rings. The van der Waals surface area contributed by atoms with Crippen LogP contribution < -0.4 is 10.2 Å². The Labute approximate surface area is 132 Å². The van der Waals surface area contributed by atoms with Gasteiger partial charge in [0.15, 0.2) is 0 Å². The SMILES string of the molecule is CCC1CCCN(c2ccc(Br)cc2CNC(C)C)C1. The lowest BCUT2D eigenvalue weighted by atomic mass is 9.94. The quantitative estimate of drug-likeness (QED) is 0.845. The Hall–Kier alpha value is -0.540. The van der Waals surface area contributed by atoms with E-state index in [1.54, 1.807) is 0 Å². The standard InChI is InChI=1S/C17H27BrN2/c1-4-14-6-5-9-20(12-14)17-8-7-16(18)10-15(17)11-19-13(2)3/h7-8,10,13-14,19H,4-6,9,11-12H2,1-3H3. The van der Waals surface area contributed by atoms with Gasteiger partial charge in [0.25, 0.3) is 0 Å². The molecule has 1 unspecified atom stereocenters. The smallest absolute Gasteiger partial charge is 0.0412 e. The molecule has 2 nitrogen and oxygen atoms in total. The fourth-order valence-corrected chi connectivity index (χ4v) is 3.34. The highest BCUT2D eigenvalue weighted by Crippen LogP contribution is 2.29. The zero-order valence-corrected chi connectivity index (χ0v) is 14.5. The van der Waals surface area contributed by atoms with E-state index in [1.165, 1.54) is 48.1 Å². The monoisotopic (exact) mass is 338 g/mol. The van der Waals surface area contributed by atoms with Gasteiger partial charge in [-0.15, -0.1) is 0 Å². The highest BCUT2D eigenvalue weighted by atomic mass is 79.9. The van der Waals surface area contributed by atoms with E-state index in [-0.39, 0.29) is 0 Å². The van der Waals surface area contributed by atoms with Gasteiger partial charge >= 0.3 is 0 Å². The molecule has 1 aliphatic heterocycles. The Morgan fingerprint density at radius 2 is 2.20 bits per heavy atom. The summed E-state index contributed by atoms with van der Waals surface area (Å²) in [6, 6.07) is 7.23. The third-order valence-corrected chi connectivity index (χ3v) is 4.67. The van der Waals surface area contributed by atoms with E-state index < -0.39 is 0 Å². The number of hydrogen-bond acceptors (Lipinski definition) is 2. The predicted octanol–water partition coefficient (Wildman–Crippen LogP) is 4.57. The highest BCUT2D eigenvalue weighted by molar-refractivity contribution is 9.10. The molecular weight excluding hydrogens is 312 g/mol. The van der Waals surface area contributed by atoms with E-state index in [4.69, 9.17) is 0 Å². The molecule has 1 aliphatic rings. The summed E-state index contributed by atoms with van der Waals surface area (Å²) in [6.07, 6.45) is 4.02. The normalized spacial score (nSPS) is 19.6. The molecule has 1 N–H and O–H groups in total. The minimum Gasteiger partial charge on any atom is -0.371 e. The van der Waals surface area contributed by atoms with Crippen molar-refractivity contribution in [1.82, 2.24) is 5.32 Å². The van der Waals surface area contributed by atoms with Crippen molar-refractivity contribution in [1.29, 1.82) is 0 Å². The van der Waals surface area contributed by atoms with E-state index in [9.17, 15) is 0 Å². The van der Waals surface area contributed by atoms with Crippen LogP contribution in [0.4, 0.5) is 5.69 Å². The average Bonchev–Trinajstić information content (AvgIpc) is 2.45. The molecule has 1 aromatic carbocycles. The molecule has 0 aromatic heterocycles. The van der Waals surface area contributed by atoms with Gasteiger partial charge in [-0.05, 0) is 42.5 Å². The van der Waals surface area contributed by atoms with Crippen LogP contribution in [0.1, 0.15) is 45.6 Å². The van der Waals surface area contributed by atoms with Crippen LogP contribution in [0.25, 0.3) is 0 Å². The second kappa shape index (κ2) is 7.46. The molecule has 1 atom stereocenters. The minimum atomic E-state index is 0.520. The number of piperidine rings is 1. The van der Waals surface area contributed by atoms with Crippen LogP contribution in [0, 0.1) is 5.92 Å². The fourth-order valence-electron chi connectivity index (χ4n) is 2.94. The lowest BCUT2D eigenvalue weighted by molar-refractivity contribution is 0.404. The fraction of sp³-hybridized carbons (Fsp3) is 0.647. The van der Waals surface area contributed by atoms with Crippen LogP contribution in [-0.2, 0) is 6.54 Å². The van der Waals surface area contributed by atoms with Crippen molar-refractivity contribution in [3.63, 3.8) is 0 Å². The molecule has 20 heavy (non-hydrogen) atoms. The minimum absolute atomic E-state index is 0.520. The second-order valence-electron chi connectivity index (χ2n) is 6.17. The predicted molar refractivity (Wildman–Crippen MR) is 91.3 cm³/mol. The van der Waals surface area contributed by atoms with Crippen LogP contribution in [0.2, 0.25) is 0 Å². The third-order valence-electron chi connectivity index (χ3n) is 4.18. The molecule has 1 aromatic rings. The lowest BCUT2D eigenvalue weighted by Crippen LogP contribution is -2.36. The number of rotatable bonds is 5. The van der Waals surface area contributed by atoms with Crippen LogP contribution in [0.5, 0.6) is 0 Å². The van der Waals surface area contributed by atoms with Gasteiger partial charge in [0.2, 0.25) is 0 Å². The van der Waals surface area contributed by atoms with Crippen molar-refractivity contribution >= 4 is 21.6 Å². The Morgan fingerprint density at radius 1 is 1.40 bits per heavy atom. The first kappa shape index (κ1) is 15.8. The summed E-state index contributed by atoms with van der Waals surface area (Å²) in [5.74, 6) is 0.860. The summed E-state index contributed by atoms with van der Waals surface area (Å²) in [5.41, 5.74) is 2.82. The molecule has 112 valence electrons. The van der Waals surface area contributed by atoms with Crippen molar-refractivity contribution in [3.8, 4) is 0 Å². The molecular formula is C17H27BrN2. The van der Waals surface area contributed by atoms with E-state index in [0.717, 1.165) is 12.5 Å². The van der Waals surface area contributed by atoms with Gasteiger partial charge in [0.1, 0.15) is 0 Å². The van der Waals surface area contributed by atoms with Gasteiger partial charge in [-0.25, -0.2) is 0 Å². The zero-order chi connectivity index (χ0) is 14.5. The molecule has 0 spiro atoms. The lowest BCUT2D eigenvalue weighted by Gasteiger charge is -2.35. The van der Waals surface area contributed by atoms with Crippen molar-refractivity contribution in [2.45, 2.75) is 52.6 Å². The van der Waals surface area contributed by atoms with Crippen molar-refractivity contribution in [2.75, 3.05) is 18.0 Å².